The highest BCUT2D eigenvalue weighted by Gasteiger charge is 2.18. The van der Waals surface area contributed by atoms with Gasteiger partial charge in [-0.25, -0.2) is 4.79 Å². The van der Waals surface area contributed by atoms with Gasteiger partial charge in [0.25, 0.3) is 0 Å². The van der Waals surface area contributed by atoms with Gasteiger partial charge in [0.1, 0.15) is 0 Å². The SMILES string of the molecule is O=c1nc(CCN2CCCC2)c2c([nH]1)CNC2. The van der Waals surface area contributed by atoms with Crippen molar-refractivity contribution in [2.45, 2.75) is 32.4 Å². The maximum absolute atomic E-state index is 11.4. The molecular weight excluding hydrogens is 216 g/mol. The molecule has 2 N–H and O–H groups in total. The van der Waals surface area contributed by atoms with Gasteiger partial charge >= 0.3 is 5.69 Å². The van der Waals surface area contributed by atoms with Crippen molar-refractivity contribution in [3.05, 3.63) is 27.4 Å². The Morgan fingerprint density at radius 3 is 2.88 bits per heavy atom. The number of hydrogen-bond acceptors (Lipinski definition) is 4. The summed E-state index contributed by atoms with van der Waals surface area (Å²) in [6, 6.07) is 0. The molecule has 2 aliphatic heterocycles. The van der Waals surface area contributed by atoms with Crippen LogP contribution in [0.1, 0.15) is 29.8 Å². The van der Waals surface area contributed by atoms with Gasteiger partial charge in [-0.2, -0.15) is 4.98 Å². The minimum atomic E-state index is -0.205. The van der Waals surface area contributed by atoms with E-state index in [-0.39, 0.29) is 5.69 Å². The first kappa shape index (κ1) is 10.9. The van der Waals surface area contributed by atoms with E-state index in [1.807, 2.05) is 0 Å². The Morgan fingerprint density at radius 2 is 2.06 bits per heavy atom. The molecule has 0 aliphatic carbocycles. The Morgan fingerprint density at radius 1 is 1.24 bits per heavy atom. The summed E-state index contributed by atoms with van der Waals surface area (Å²) in [6.07, 6.45) is 3.51. The van der Waals surface area contributed by atoms with Crippen LogP contribution in [0.5, 0.6) is 0 Å². The summed E-state index contributed by atoms with van der Waals surface area (Å²) in [5, 5.41) is 3.26. The van der Waals surface area contributed by atoms with Crippen LogP contribution in [0, 0.1) is 0 Å². The molecule has 0 spiro atoms. The normalized spacial score (nSPS) is 19.8. The average Bonchev–Trinajstić information content (AvgIpc) is 2.95. The van der Waals surface area contributed by atoms with E-state index in [4.69, 9.17) is 0 Å². The van der Waals surface area contributed by atoms with Crippen LogP contribution in [0.15, 0.2) is 4.79 Å². The van der Waals surface area contributed by atoms with Gasteiger partial charge in [0.05, 0.1) is 5.69 Å². The second kappa shape index (κ2) is 4.58. The Hall–Kier alpha value is -1.20. The number of nitrogens with one attached hydrogen (secondary N) is 2. The van der Waals surface area contributed by atoms with Gasteiger partial charge in [0.15, 0.2) is 0 Å². The molecule has 0 amide bonds. The maximum Gasteiger partial charge on any atom is 0.345 e. The minimum absolute atomic E-state index is 0.205. The lowest BCUT2D eigenvalue weighted by Gasteiger charge is -2.14. The highest BCUT2D eigenvalue weighted by atomic mass is 16.1. The molecule has 1 aromatic rings. The molecule has 17 heavy (non-hydrogen) atoms. The Balaban J connectivity index is 1.75. The lowest BCUT2D eigenvalue weighted by Crippen LogP contribution is -2.24. The molecule has 0 radical (unpaired) electrons. The van der Waals surface area contributed by atoms with E-state index in [1.165, 1.54) is 31.5 Å². The fourth-order valence-corrected chi connectivity index (χ4v) is 2.75. The number of aromatic amines is 1. The van der Waals surface area contributed by atoms with E-state index >= 15 is 0 Å². The van der Waals surface area contributed by atoms with Gasteiger partial charge in [-0.3, -0.25) is 0 Å². The van der Waals surface area contributed by atoms with Gasteiger partial charge < -0.3 is 15.2 Å². The molecule has 5 heteroatoms. The highest BCUT2D eigenvalue weighted by Crippen LogP contribution is 2.16. The first-order valence-electron chi connectivity index (χ1n) is 6.37. The molecule has 1 saturated heterocycles. The number of rotatable bonds is 3. The van der Waals surface area contributed by atoms with Gasteiger partial charge in [-0.05, 0) is 25.9 Å². The maximum atomic E-state index is 11.4. The van der Waals surface area contributed by atoms with Gasteiger partial charge in [-0.15, -0.1) is 0 Å². The fourth-order valence-electron chi connectivity index (χ4n) is 2.75. The molecule has 2 aliphatic rings. The van der Waals surface area contributed by atoms with Crippen molar-refractivity contribution in [3.8, 4) is 0 Å². The van der Waals surface area contributed by atoms with Crippen LogP contribution in [0.4, 0.5) is 0 Å². The molecule has 3 heterocycles. The Kier molecular flexibility index (Phi) is 2.94. The summed E-state index contributed by atoms with van der Waals surface area (Å²) in [7, 11) is 0. The van der Waals surface area contributed by atoms with E-state index < -0.39 is 0 Å². The first-order chi connectivity index (χ1) is 8.33. The van der Waals surface area contributed by atoms with E-state index in [1.54, 1.807) is 0 Å². The predicted octanol–water partition coefficient (Wildman–Crippen LogP) is 0.0114. The standard InChI is InChI=1S/C12H18N4O/c17-12-14-10(3-6-16-4-1-2-5-16)9-7-13-8-11(9)15-12/h13H,1-8H2,(H,14,15,17). The molecule has 0 atom stereocenters. The molecule has 5 nitrogen and oxygen atoms in total. The summed E-state index contributed by atoms with van der Waals surface area (Å²) in [5.74, 6) is 0. The van der Waals surface area contributed by atoms with Crippen molar-refractivity contribution in [2.75, 3.05) is 19.6 Å². The molecule has 92 valence electrons. The van der Waals surface area contributed by atoms with Crippen LogP contribution < -0.4 is 11.0 Å². The van der Waals surface area contributed by atoms with Crippen LogP contribution in [0.25, 0.3) is 0 Å². The molecule has 0 aromatic carbocycles. The molecule has 3 rings (SSSR count). The van der Waals surface area contributed by atoms with Crippen molar-refractivity contribution < 1.29 is 0 Å². The smallest absolute Gasteiger partial charge is 0.308 e. The third-order valence-electron chi connectivity index (χ3n) is 3.67. The van der Waals surface area contributed by atoms with Crippen LogP contribution in [-0.2, 0) is 19.5 Å². The fraction of sp³-hybridized carbons (Fsp3) is 0.667. The zero-order chi connectivity index (χ0) is 11.7. The predicted molar refractivity (Wildman–Crippen MR) is 64.8 cm³/mol. The average molecular weight is 234 g/mol. The number of hydrogen-bond donors (Lipinski definition) is 2. The zero-order valence-electron chi connectivity index (χ0n) is 9.96. The quantitative estimate of drug-likeness (QED) is 0.773. The van der Waals surface area contributed by atoms with Gasteiger partial charge in [-0.1, -0.05) is 0 Å². The third-order valence-corrected chi connectivity index (χ3v) is 3.67. The van der Waals surface area contributed by atoms with Crippen LogP contribution in [-0.4, -0.2) is 34.5 Å². The summed E-state index contributed by atoms with van der Waals surface area (Å²) >= 11 is 0. The number of fused-ring (bicyclic) bond motifs is 1. The second-order valence-electron chi connectivity index (χ2n) is 4.85. The van der Waals surface area contributed by atoms with E-state index in [9.17, 15) is 4.79 Å². The molecule has 0 unspecified atom stereocenters. The lowest BCUT2D eigenvalue weighted by molar-refractivity contribution is 0.341. The van der Waals surface area contributed by atoms with Crippen LogP contribution in [0.3, 0.4) is 0 Å². The molecule has 0 bridgehead atoms. The van der Waals surface area contributed by atoms with Crippen molar-refractivity contribution >= 4 is 0 Å². The number of aromatic nitrogens is 2. The molecule has 0 saturated carbocycles. The molecule has 1 aromatic heterocycles. The Bertz CT molecular complexity index is 462. The van der Waals surface area contributed by atoms with Crippen molar-refractivity contribution in [3.63, 3.8) is 0 Å². The van der Waals surface area contributed by atoms with E-state index in [2.05, 4.69) is 20.2 Å². The van der Waals surface area contributed by atoms with E-state index in [0.717, 1.165) is 37.4 Å². The first-order valence-corrected chi connectivity index (χ1v) is 6.37. The Labute approximate surface area is 100 Å². The van der Waals surface area contributed by atoms with Gasteiger partial charge in [0, 0.05) is 37.3 Å². The van der Waals surface area contributed by atoms with Crippen molar-refractivity contribution in [2.24, 2.45) is 0 Å². The number of H-pyrrole nitrogens is 1. The van der Waals surface area contributed by atoms with E-state index in [0.29, 0.717) is 0 Å². The monoisotopic (exact) mass is 234 g/mol. The summed E-state index contributed by atoms with van der Waals surface area (Å²) in [6.45, 7) is 5.04. The number of likely N-dealkylation sites (tertiary alicyclic amines) is 1. The van der Waals surface area contributed by atoms with Crippen molar-refractivity contribution in [1.29, 1.82) is 0 Å². The van der Waals surface area contributed by atoms with Crippen LogP contribution in [0.2, 0.25) is 0 Å². The molecular formula is C12H18N4O. The molecule has 1 fully saturated rings. The van der Waals surface area contributed by atoms with Crippen molar-refractivity contribution in [1.82, 2.24) is 20.2 Å². The largest absolute Gasteiger partial charge is 0.345 e. The minimum Gasteiger partial charge on any atom is -0.308 e. The summed E-state index contributed by atoms with van der Waals surface area (Å²) < 4.78 is 0. The van der Waals surface area contributed by atoms with Crippen LogP contribution >= 0.6 is 0 Å². The summed E-state index contributed by atoms with van der Waals surface area (Å²) in [5.41, 5.74) is 3.02. The third kappa shape index (κ3) is 2.25. The lowest BCUT2D eigenvalue weighted by atomic mass is 10.1. The second-order valence-corrected chi connectivity index (χ2v) is 4.85. The number of nitrogens with zero attached hydrogens (tertiary/aromatic N) is 2. The zero-order valence-corrected chi connectivity index (χ0v) is 9.96. The highest BCUT2D eigenvalue weighted by molar-refractivity contribution is 5.28. The topological polar surface area (TPSA) is 61.0 Å². The summed E-state index contributed by atoms with van der Waals surface area (Å²) in [4.78, 5) is 20.8. The van der Waals surface area contributed by atoms with Gasteiger partial charge in [0.2, 0.25) is 0 Å².